The number of carbonyl (C=O) groups is 1. The number of hydrogen-bond donors (Lipinski definition) is 2. The number of carboxylic acids is 1. The first-order valence-electron chi connectivity index (χ1n) is 5.39. The van der Waals surface area contributed by atoms with Crippen LogP contribution in [0.3, 0.4) is 0 Å². The second-order valence-corrected chi connectivity index (χ2v) is 3.67. The number of rotatable bonds is 6. The van der Waals surface area contributed by atoms with Crippen molar-refractivity contribution >= 4 is 5.97 Å². The molecule has 0 fully saturated rings. The van der Waals surface area contributed by atoms with E-state index in [9.17, 15) is 9.18 Å². The minimum Gasteiger partial charge on any atom is -0.491 e. The van der Waals surface area contributed by atoms with Crippen molar-refractivity contribution in [3.05, 3.63) is 29.6 Å². The monoisotopic (exact) mass is 241 g/mol. The Balaban J connectivity index is 2.59. The van der Waals surface area contributed by atoms with E-state index in [1.807, 2.05) is 6.92 Å². The minimum absolute atomic E-state index is 0.00818. The molecule has 0 saturated carbocycles. The predicted molar refractivity (Wildman–Crippen MR) is 61.7 cm³/mol. The molecule has 2 N–H and O–H groups in total. The standard InChI is InChI=1S/C12H16FNO3/c1-3-14-11(12(15)16)7-17-9-4-5-10(13)8(2)6-9/h4-6,11,14H,3,7H2,1-2H3,(H,15,16). The lowest BCUT2D eigenvalue weighted by molar-refractivity contribution is -0.140. The molecule has 1 rings (SSSR count). The van der Waals surface area contributed by atoms with Crippen molar-refractivity contribution in [1.82, 2.24) is 5.32 Å². The Morgan fingerprint density at radius 2 is 2.29 bits per heavy atom. The molecule has 0 aliphatic heterocycles. The van der Waals surface area contributed by atoms with E-state index in [1.54, 1.807) is 13.0 Å². The van der Waals surface area contributed by atoms with Gasteiger partial charge in [0, 0.05) is 0 Å². The van der Waals surface area contributed by atoms with Crippen LogP contribution in [0, 0.1) is 12.7 Å². The number of aryl methyl sites for hydroxylation is 1. The highest BCUT2D eigenvalue weighted by molar-refractivity contribution is 5.73. The van der Waals surface area contributed by atoms with Crippen LogP contribution in [0.5, 0.6) is 5.75 Å². The van der Waals surface area contributed by atoms with Crippen molar-refractivity contribution in [2.45, 2.75) is 19.9 Å². The maximum atomic E-state index is 13.0. The number of carboxylic acid groups (broad SMARTS) is 1. The molecule has 0 aliphatic rings. The first-order valence-corrected chi connectivity index (χ1v) is 5.39. The van der Waals surface area contributed by atoms with Crippen LogP contribution >= 0.6 is 0 Å². The third-order valence-corrected chi connectivity index (χ3v) is 2.29. The van der Waals surface area contributed by atoms with Crippen LogP contribution in [-0.4, -0.2) is 30.3 Å². The van der Waals surface area contributed by atoms with E-state index < -0.39 is 12.0 Å². The molecule has 0 saturated heterocycles. The average molecular weight is 241 g/mol. The number of aliphatic carboxylic acids is 1. The van der Waals surface area contributed by atoms with Gasteiger partial charge < -0.3 is 15.2 Å². The largest absolute Gasteiger partial charge is 0.491 e. The van der Waals surface area contributed by atoms with E-state index in [2.05, 4.69) is 5.32 Å². The number of ether oxygens (including phenoxy) is 1. The molecule has 5 heteroatoms. The highest BCUT2D eigenvalue weighted by Gasteiger charge is 2.16. The van der Waals surface area contributed by atoms with Gasteiger partial charge >= 0.3 is 5.97 Å². The summed E-state index contributed by atoms with van der Waals surface area (Å²) in [6.07, 6.45) is 0. The van der Waals surface area contributed by atoms with Gasteiger partial charge in [-0.05, 0) is 37.2 Å². The summed E-state index contributed by atoms with van der Waals surface area (Å²) >= 11 is 0. The van der Waals surface area contributed by atoms with E-state index in [-0.39, 0.29) is 12.4 Å². The lowest BCUT2D eigenvalue weighted by Gasteiger charge is -2.14. The molecule has 1 atom stereocenters. The van der Waals surface area contributed by atoms with Crippen LogP contribution in [-0.2, 0) is 4.79 Å². The number of hydrogen-bond acceptors (Lipinski definition) is 3. The van der Waals surface area contributed by atoms with Crippen LogP contribution in [0.15, 0.2) is 18.2 Å². The predicted octanol–water partition coefficient (Wildman–Crippen LogP) is 1.58. The fraction of sp³-hybridized carbons (Fsp3) is 0.417. The molecular formula is C12H16FNO3. The van der Waals surface area contributed by atoms with E-state index in [0.717, 1.165) is 0 Å². The average Bonchev–Trinajstić information content (AvgIpc) is 2.28. The summed E-state index contributed by atoms with van der Waals surface area (Å²) in [5.74, 6) is -0.808. The van der Waals surface area contributed by atoms with Gasteiger partial charge in [0.05, 0.1) is 0 Å². The Morgan fingerprint density at radius 3 is 2.82 bits per heavy atom. The Labute approximate surface area is 99.4 Å². The number of nitrogens with one attached hydrogen (secondary N) is 1. The van der Waals surface area contributed by atoms with Gasteiger partial charge in [-0.25, -0.2) is 4.39 Å². The highest BCUT2D eigenvalue weighted by Crippen LogP contribution is 2.15. The third kappa shape index (κ3) is 4.03. The van der Waals surface area contributed by atoms with Crippen molar-refractivity contribution in [2.24, 2.45) is 0 Å². The molecule has 94 valence electrons. The maximum Gasteiger partial charge on any atom is 0.324 e. The summed E-state index contributed by atoms with van der Waals surface area (Å²) in [6.45, 7) is 4.00. The van der Waals surface area contributed by atoms with Gasteiger partial charge in [-0.1, -0.05) is 6.92 Å². The molecule has 17 heavy (non-hydrogen) atoms. The van der Waals surface area contributed by atoms with E-state index in [4.69, 9.17) is 9.84 Å². The molecule has 0 heterocycles. The summed E-state index contributed by atoms with van der Waals surface area (Å²) in [5, 5.41) is 11.7. The number of likely N-dealkylation sites (N-methyl/N-ethyl adjacent to an activating group) is 1. The Kier molecular flexibility index (Phi) is 4.90. The molecular weight excluding hydrogens is 225 g/mol. The summed E-state index contributed by atoms with van der Waals surface area (Å²) in [4.78, 5) is 10.8. The Morgan fingerprint density at radius 1 is 1.59 bits per heavy atom. The molecule has 1 aromatic rings. The lowest BCUT2D eigenvalue weighted by Crippen LogP contribution is -2.41. The van der Waals surface area contributed by atoms with Gasteiger partial charge in [-0.3, -0.25) is 4.79 Å². The molecule has 0 amide bonds. The van der Waals surface area contributed by atoms with Gasteiger partial charge in [-0.2, -0.15) is 0 Å². The molecule has 1 aromatic carbocycles. The van der Waals surface area contributed by atoms with Gasteiger partial charge in [0.2, 0.25) is 0 Å². The van der Waals surface area contributed by atoms with Crippen molar-refractivity contribution in [3.63, 3.8) is 0 Å². The highest BCUT2D eigenvalue weighted by atomic mass is 19.1. The third-order valence-electron chi connectivity index (χ3n) is 2.29. The quantitative estimate of drug-likeness (QED) is 0.793. The van der Waals surface area contributed by atoms with Gasteiger partial charge in [0.1, 0.15) is 24.2 Å². The second-order valence-electron chi connectivity index (χ2n) is 3.67. The van der Waals surface area contributed by atoms with Crippen LogP contribution in [0.25, 0.3) is 0 Å². The zero-order valence-electron chi connectivity index (χ0n) is 9.87. The van der Waals surface area contributed by atoms with Crippen LogP contribution in [0.2, 0.25) is 0 Å². The van der Waals surface area contributed by atoms with Gasteiger partial charge in [0.25, 0.3) is 0 Å². The van der Waals surface area contributed by atoms with Gasteiger partial charge in [-0.15, -0.1) is 0 Å². The summed E-state index contributed by atoms with van der Waals surface area (Å²) in [7, 11) is 0. The van der Waals surface area contributed by atoms with E-state index >= 15 is 0 Å². The second kappa shape index (κ2) is 6.20. The molecule has 1 unspecified atom stereocenters. The smallest absolute Gasteiger partial charge is 0.324 e. The minimum atomic E-state index is -0.967. The molecule has 0 spiro atoms. The molecule has 4 nitrogen and oxygen atoms in total. The summed E-state index contributed by atoms with van der Waals surface area (Å²) in [5.41, 5.74) is 0.470. The van der Waals surface area contributed by atoms with Gasteiger partial charge in [0.15, 0.2) is 0 Å². The van der Waals surface area contributed by atoms with Crippen molar-refractivity contribution in [2.75, 3.05) is 13.2 Å². The summed E-state index contributed by atoms with van der Waals surface area (Å²) in [6, 6.07) is 3.56. The fourth-order valence-corrected chi connectivity index (χ4v) is 1.35. The summed E-state index contributed by atoms with van der Waals surface area (Å²) < 4.78 is 18.3. The van der Waals surface area contributed by atoms with Crippen LogP contribution < -0.4 is 10.1 Å². The first-order chi connectivity index (χ1) is 8.04. The molecule has 0 radical (unpaired) electrons. The number of halogens is 1. The van der Waals surface area contributed by atoms with E-state index in [0.29, 0.717) is 17.9 Å². The topological polar surface area (TPSA) is 58.6 Å². The van der Waals surface area contributed by atoms with Crippen molar-refractivity contribution in [1.29, 1.82) is 0 Å². The zero-order chi connectivity index (χ0) is 12.8. The fourth-order valence-electron chi connectivity index (χ4n) is 1.35. The first kappa shape index (κ1) is 13.4. The number of benzene rings is 1. The van der Waals surface area contributed by atoms with Crippen LogP contribution in [0.4, 0.5) is 4.39 Å². The van der Waals surface area contributed by atoms with Crippen molar-refractivity contribution in [3.8, 4) is 5.75 Å². The zero-order valence-corrected chi connectivity index (χ0v) is 9.87. The van der Waals surface area contributed by atoms with E-state index in [1.165, 1.54) is 12.1 Å². The molecule has 0 bridgehead atoms. The Bertz CT molecular complexity index is 395. The SMILES string of the molecule is CCNC(COc1ccc(F)c(C)c1)C(=O)O. The van der Waals surface area contributed by atoms with Crippen molar-refractivity contribution < 1.29 is 19.0 Å². The Hall–Kier alpha value is -1.62. The molecule has 0 aliphatic carbocycles. The lowest BCUT2D eigenvalue weighted by atomic mass is 10.2. The maximum absolute atomic E-state index is 13.0. The normalized spacial score (nSPS) is 12.2. The van der Waals surface area contributed by atoms with Crippen LogP contribution in [0.1, 0.15) is 12.5 Å². The molecule has 0 aromatic heterocycles.